The second-order valence-electron chi connectivity index (χ2n) is 4.37. The molecule has 0 aliphatic heterocycles. The molecule has 1 unspecified atom stereocenters. The normalized spacial score (nSPS) is 12.4. The quantitative estimate of drug-likeness (QED) is 0.791. The number of pyridine rings is 1. The van der Waals surface area contributed by atoms with Gasteiger partial charge in [-0.3, -0.25) is 4.98 Å². The molecule has 94 valence electrons. The maximum Gasteiger partial charge on any atom is 0.123 e. The molecule has 1 atom stereocenters. The summed E-state index contributed by atoms with van der Waals surface area (Å²) in [6.07, 6.45) is 2.76. The van der Waals surface area contributed by atoms with Crippen molar-refractivity contribution >= 4 is 15.9 Å². The summed E-state index contributed by atoms with van der Waals surface area (Å²) in [6.45, 7) is 4.18. The smallest absolute Gasteiger partial charge is 0.123 e. The number of benzene rings is 1. The van der Waals surface area contributed by atoms with Crippen molar-refractivity contribution in [1.29, 1.82) is 0 Å². The molecule has 3 heteroatoms. The number of rotatable bonds is 3. The first-order valence-electron chi connectivity index (χ1n) is 5.99. The lowest BCUT2D eigenvalue weighted by Gasteiger charge is -2.17. The van der Waals surface area contributed by atoms with E-state index in [1.54, 1.807) is 0 Å². The Morgan fingerprint density at radius 3 is 2.50 bits per heavy atom. The lowest BCUT2D eigenvalue weighted by molar-refractivity contribution is 0.625. The van der Waals surface area contributed by atoms with E-state index < -0.39 is 0 Å². The molecule has 0 bridgehead atoms. The number of hydrogen-bond acceptors (Lipinski definition) is 1. The van der Waals surface area contributed by atoms with Crippen molar-refractivity contribution in [2.75, 3.05) is 0 Å². The van der Waals surface area contributed by atoms with Crippen molar-refractivity contribution in [3.8, 4) is 0 Å². The topological polar surface area (TPSA) is 12.9 Å². The second-order valence-corrected chi connectivity index (χ2v) is 5.28. The molecule has 1 aromatic heterocycles. The zero-order valence-corrected chi connectivity index (χ0v) is 12.0. The van der Waals surface area contributed by atoms with Crippen LogP contribution in [0.4, 0.5) is 4.39 Å². The molecule has 0 saturated heterocycles. The lowest BCUT2D eigenvalue weighted by Crippen LogP contribution is -2.05. The summed E-state index contributed by atoms with van der Waals surface area (Å²) in [5.74, 6) is 0.0211. The highest BCUT2D eigenvalue weighted by atomic mass is 79.9. The number of aromatic nitrogens is 1. The molecular weight excluding hydrogens is 293 g/mol. The molecule has 0 saturated carbocycles. The third-order valence-corrected chi connectivity index (χ3v) is 3.53. The molecule has 0 fully saturated rings. The second kappa shape index (κ2) is 5.61. The van der Waals surface area contributed by atoms with Gasteiger partial charge in [0, 0.05) is 16.6 Å². The lowest BCUT2D eigenvalue weighted by atomic mass is 9.90. The van der Waals surface area contributed by atoms with E-state index >= 15 is 0 Å². The minimum atomic E-state index is -0.200. The van der Waals surface area contributed by atoms with Crippen LogP contribution in [0.15, 0.2) is 41.0 Å². The highest BCUT2D eigenvalue weighted by Crippen LogP contribution is 2.29. The van der Waals surface area contributed by atoms with Gasteiger partial charge in [0.25, 0.3) is 0 Å². The number of aryl methyl sites for hydroxylation is 1. The van der Waals surface area contributed by atoms with Gasteiger partial charge in [-0.05, 0) is 58.6 Å². The van der Waals surface area contributed by atoms with Crippen LogP contribution >= 0.6 is 15.9 Å². The van der Waals surface area contributed by atoms with Crippen LogP contribution in [0.3, 0.4) is 0 Å². The Bertz CT molecular complexity index is 537. The fourth-order valence-corrected chi connectivity index (χ4v) is 2.64. The van der Waals surface area contributed by atoms with Crippen molar-refractivity contribution in [1.82, 2.24) is 4.98 Å². The van der Waals surface area contributed by atoms with E-state index in [4.69, 9.17) is 0 Å². The molecule has 0 radical (unpaired) electrons. The molecule has 0 aliphatic rings. The Kier molecular flexibility index (Phi) is 4.12. The summed E-state index contributed by atoms with van der Waals surface area (Å²) in [5.41, 5.74) is 3.32. The van der Waals surface area contributed by atoms with Crippen molar-refractivity contribution < 1.29 is 4.39 Å². The van der Waals surface area contributed by atoms with E-state index in [-0.39, 0.29) is 11.7 Å². The van der Waals surface area contributed by atoms with Gasteiger partial charge in [0.15, 0.2) is 0 Å². The van der Waals surface area contributed by atoms with Crippen molar-refractivity contribution in [3.05, 3.63) is 63.6 Å². The minimum Gasteiger partial charge on any atom is -0.259 e. The molecule has 0 aliphatic carbocycles. The Hall–Kier alpha value is -1.22. The standard InChI is InChI=1S/C15H15BrFN/c1-3-14(11-4-6-13(17)7-5-11)15-10(2)8-12(16)9-18-15/h4-9,14H,3H2,1-2H3. The zero-order chi connectivity index (χ0) is 13.1. The molecular formula is C15H15BrFN. The number of halogens is 2. The van der Waals surface area contributed by atoms with Gasteiger partial charge < -0.3 is 0 Å². The predicted octanol–water partition coefficient (Wildman–Crippen LogP) is 4.83. The molecule has 18 heavy (non-hydrogen) atoms. The molecule has 0 N–H and O–H groups in total. The first-order valence-corrected chi connectivity index (χ1v) is 6.78. The average molecular weight is 308 g/mol. The van der Waals surface area contributed by atoms with Crippen molar-refractivity contribution in [2.45, 2.75) is 26.2 Å². The van der Waals surface area contributed by atoms with Gasteiger partial charge in [0.05, 0.1) is 5.69 Å². The van der Waals surface area contributed by atoms with Gasteiger partial charge in [0.2, 0.25) is 0 Å². The summed E-state index contributed by atoms with van der Waals surface area (Å²) >= 11 is 3.42. The SMILES string of the molecule is CCC(c1ccc(F)cc1)c1ncc(Br)cc1C. The third kappa shape index (κ3) is 2.78. The van der Waals surface area contributed by atoms with Gasteiger partial charge in [-0.1, -0.05) is 19.1 Å². The van der Waals surface area contributed by atoms with Crippen LogP contribution in [-0.2, 0) is 0 Å². The Balaban J connectivity index is 2.41. The first kappa shape index (κ1) is 13.2. The van der Waals surface area contributed by atoms with Crippen LogP contribution in [0, 0.1) is 12.7 Å². The molecule has 1 aromatic carbocycles. The fraction of sp³-hybridized carbons (Fsp3) is 0.267. The minimum absolute atomic E-state index is 0.200. The molecule has 0 spiro atoms. The van der Waals surface area contributed by atoms with E-state index in [0.29, 0.717) is 0 Å². The van der Waals surface area contributed by atoms with Gasteiger partial charge in [-0.25, -0.2) is 4.39 Å². The van der Waals surface area contributed by atoms with Crippen LogP contribution in [-0.4, -0.2) is 4.98 Å². The van der Waals surface area contributed by atoms with E-state index in [9.17, 15) is 4.39 Å². The van der Waals surface area contributed by atoms with Gasteiger partial charge in [-0.2, -0.15) is 0 Å². The fourth-order valence-electron chi connectivity index (χ4n) is 2.20. The highest BCUT2D eigenvalue weighted by molar-refractivity contribution is 9.10. The Labute approximate surface area is 115 Å². The molecule has 2 aromatic rings. The van der Waals surface area contributed by atoms with Crippen LogP contribution in [0.2, 0.25) is 0 Å². The molecule has 1 nitrogen and oxygen atoms in total. The van der Waals surface area contributed by atoms with Crippen LogP contribution in [0.25, 0.3) is 0 Å². The summed E-state index contributed by atoms with van der Waals surface area (Å²) in [5, 5.41) is 0. The summed E-state index contributed by atoms with van der Waals surface area (Å²) < 4.78 is 14.0. The predicted molar refractivity (Wildman–Crippen MR) is 75.2 cm³/mol. The molecule has 2 rings (SSSR count). The van der Waals surface area contributed by atoms with E-state index in [1.165, 1.54) is 12.1 Å². The van der Waals surface area contributed by atoms with Crippen molar-refractivity contribution in [3.63, 3.8) is 0 Å². The van der Waals surface area contributed by atoms with E-state index in [1.807, 2.05) is 18.3 Å². The summed E-state index contributed by atoms with van der Waals surface area (Å²) in [6, 6.07) is 8.76. The maximum atomic E-state index is 13.0. The van der Waals surface area contributed by atoms with Crippen LogP contribution in [0.1, 0.15) is 36.1 Å². The monoisotopic (exact) mass is 307 g/mol. The number of hydrogen-bond donors (Lipinski definition) is 0. The van der Waals surface area contributed by atoms with E-state index in [2.05, 4.69) is 40.8 Å². The van der Waals surface area contributed by atoms with Crippen LogP contribution in [0.5, 0.6) is 0 Å². The average Bonchev–Trinajstić information content (AvgIpc) is 2.35. The Morgan fingerprint density at radius 2 is 1.94 bits per heavy atom. The molecule has 1 heterocycles. The summed E-state index contributed by atoms with van der Waals surface area (Å²) in [7, 11) is 0. The zero-order valence-electron chi connectivity index (χ0n) is 10.5. The Morgan fingerprint density at radius 1 is 1.28 bits per heavy atom. The molecule has 0 amide bonds. The van der Waals surface area contributed by atoms with Crippen molar-refractivity contribution in [2.24, 2.45) is 0 Å². The van der Waals surface area contributed by atoms with Gasteiger partial charge in [-0.15, -0.1) is 0 Å². The van der Waals surface area contributed by atoms with Crippen LogP contribution < -0.4 is 0 Å². The maximum absolute atomic E-state index is 13.0. The largest absolute Gasteiger partial charge is 0.259 e. The summed E-state index contributed by atoms with van der Waals surface area (Å²) in [4.78, 5) is 4.51. The highest BCUT2D eigenvalue weighted by Gasteiger charge is 2.16. The van der Waals surface area contributed by atoms with Gasteiger partial charge in [0.1, 0.15) is 5.82 Å². The van der Waals surface area contributed by atoms with Gasteiger partial charge >= 0.3 is 0 Å². The number of nitrogens with zero attached hydrogens (tertiary/aromatic N) is 1. The van der Waals surface area contributed by atoms with E-state index in [0.717, 1.165) is 27.7 Å². The third-order valence-electron chi connectivity index (χ3n) is 3.10. The first-order chi connectivity index (χ1) is 8.61.